The molecule has 4 N–H and O–H groups in total. The van der Waals surface area contributed by atoms with Gasteiger partial charge in [0.25, 0.3) is 11.5 Å². The Kier molecular flexibility index (Phi) is 5.87. The number of nitrogen functional groups attached to an aromatic ring is 1. The Hall–Kier alpha value is -3.04. The van der Waals surface area contributed by atoms with Crippen LogP contribution in [0.2, 0.25) is 5.02 Å². The summed E-state index contributed by atoms with van der Waals surface area (Å²) in [5, 5.41) is 3.33. The van der Waals surface area contributed by atoms with Crippen LogP contribution >= 0.6 is 11.6 Å². The van der Waals surface area contributed by atoms with Crippen molar-refractivity contribution in [1.29, 1.82) is 0 Å². The summed E-state index contributed by atoms with van der Waals surface area (Å²) in [4.78, 5) is 24.2. The molecule has 0 amide bonds. The Morgan fingerprint density at radius 1 is 1.19 bits per heavy atom. The molecule has 0 spiro atoms. The molecule has 1 aliphatic heterocycles. The molecule has 0 unspecified atom stereocenters. The number of imidazole rings is 1. The summed E-state index contributed by atoms with van der Waals surface area (Å²) in [6.07, 6.45) is 4.42. The zero-order valence-electron chi connectivity index (χ0n) is 17.7. The van der Waals surface area contributed by atoms with E-state index in [0.29, 0.717) is 40.4 Å². The van der Waals surface area contributed by atoms with Crippen molar-refractivity contribution in [3.63, 3.8) is 0 Å². The number of rotatable bonds is 2. The molecule has 1 aliphatic rings. The number of H-pyrrole nitrogens is 1. The zero-order chi connectivity index (χ0) is 23.0. The molecule has 0 radical (unpaired) electrons. The number of pyridine rings is 1. The Morgan fingerprint density at radius 2 is 1.97 bits per heavy atom. The van der Waals surface area contributed by atoms with E-state index < -0.39 is 5.92 Å². The Labute approximate surface area is 187 Å². The third kappa shape index (κ3) is 4.73. The molecular formula is C22H23ClF2N6O. The molecule has 0 saturated carbocycles. The predicted molar refractivity (Wildman–Crippen MR) is 122 cm³/mol. The number of benzene rings is 1. The third-order valence-electron chi connectivity index (χ3n) is 5.38. The topological polar surface area (TPSA) is 101 Å². The second kappa shape index (κ2) is 8.48. The predicted octanol–water partition coefficient (Wildman–Crippen LogP) is 3.63. The highest BCUT2D eigenvalue weighted by Crippen LogP contribution is 2.23. The van der Waals surface area contributed by atoms with Gasteiger partial charge in [-0.2, -0.15) is 0 Å². The number of nitrogens with one attached hydrogen (secondary N) is 2. The maximum Gasteiger partial charge on any atom is 0.261 e. The molecule has 0 aliphatic carbocycles. The maximum absolute atomic E-state index is 12.3. The fourth-order valence-corrected chi connectivity index (χ4v) is 3.65. The van der Waals surface area contributed by atoms with Gasteiger partial charge < -0.3 is 20.4 Å². The van der Waals surface area contributed by atoms with Crippen molar-refractivity contribution >= 4 is 33.8 Å². The SMILES string of the molecule is Cc1cc2nc(Cc3nc4cc(N)c(Cl)cc4c(=O)[nH]3)cn2cc1C.FC1(F)CCNC1. The van der Waals surface area contributed by atoms with E-state index in [0.717, 1.165) is 11.3 Å². The summed E-state index contributed by atoms with van der Waals surface area (Å²) >= 11 is 5.98. The Morgan fingerprint density at radius 3 is 2.62 bits per heavy atom. The van der Waals surface area contributed by atoms with E-state index in [2.05, 4.69) is 34.1 Å². The van der Waals surface area contributed by atoms with Gasteiger partial charge in [0, 0.05) is 31.8 Å². The smallest absolute Gasteiger partial charge is 0.261 e. The molecule has 1 fully saturated rings. The van der Waals surface area contributed by atoms with E-state index in [1.165, 1.54) is 17.2 Å². The minimum atomic E-state index is -2.42. The van der Waals surface area contributed by atoms with Gasteiger partial charge in [0.05, 0.1) is 33.9 Å². The lowest BCUT2D eigenvalue weighted by atomic mass is 10.2. The molecule has 4 heterocycles. The number of aromatic amines is 1. The molecule has 0 bridgehead atoms. The van der Waals surface area contributed by atoms with Crippen molar-refractivity contribution in [3.05, 3.63) is 68.6 Å². The molecular weight excluding hydrogens is 438 g/mol. The van der Waals surface area contributed by atoms with E-state index in [4.69, 9.17) is 17.3 Å². The van der Waals surface area contributed by atoms with Gasteiger partial charge in [-0.1, -0.05) is 11.6 Å². The number of alkyl halides is 2. The first kappa shape index (κ1) is 22.2. The molecule has 5 rings (SSSR count). The highest BCUT2D eigenvalue weighted by Gasteiger charge is 2.32. The standard InChI is InChI=1S/C18H16ClN5O.C4H7F2N/c1-9-3-17-21-11(8-24(17)7-10(9)2)4-16-22-15-6-14(20)13(19)5-12(15)18(25)23-16;5-4(6)1-2-7-3-4/h3,5-8H,4,20H2,1-2H3,(H,22,23,25);7H,1-3H2. The van der Waals surface area contributed by atoms with Crippen molar-refractivity contribution in [2.45, 2.75) is 32.6 Å². The number of hydrogen-bond donors (Lipinski definition) is 3. The average molecular weight is 461 g/mol. The maximum atomic E-state index is 12.3. The van der Waals surface area contributed by atoms with Crippen LogP contribution < -0.4 is 16.6 Å². The van der Waals surface area contributed by atoms with Gasteiger partial charge in [-0.05, 0) is 43.2 Å². The van der Waals surface area contributed by atoms with Gasteiger partial charge in [-0.15, -0.1) is 0 Å². The fourth-order valence-electron chi connectivity index (χ4n) is 3.48. The van der Waals surface area contributed by atoms with Crippen LogP contribution in [-0.2, 0) is 6.42 Å². The molecule has 4 aromatic rings. The molecule has 32 heavy (non-hydrogen) atoms. The quantitative estimate of drug-likeness (QED) is 0.396. The minimum Gasteiger partial charge on any atom is -0.397 e. The molecule has 0 atom stereocenters. The molecule has 1 aromatic carbocycles. The second-order valence-electron chi connectivity index (χ2n) is 8.00. The van der Waals surface area contributed by atoms with E-state index in [1.54, 1.807) is 6.07 Å². The first-order valence-corrected chi connectivity index (χ1v) is 10.5. The van der Waals surface area contributed by atoms with Crippen LogP contribution in [0, 0.1) is 13.8 Å². The van der Waals surface area contributed by atoms with Gasteiger partial charge in [0.2, 0.25) is 0 Å². The van der Waals surface area contributed by atoms with Crippen LogP contribution in [0.15, 0.2) is 35.4 Å². The van der Waals surface area contributed by atoms with Crippen molar-refractivity contribution in [2.75, 3.05) is 18.8 Å². The Balaban J connectivity index is 0.000000300. The van der Waals surface area contributed by atoms with Crippen LogP contribution in [-0.4, -0.2) is 38.4 Å². The van der Waals surface area contributed by atoms with Gasteiger partial charge in [0.15, 0.2) is 0 Å². The summed E-state index contributed by atoms with van der Waals surface area (Å²) < 4.78 is 25.7. The van der Waals surface area contributed by atoms with E-state index in [-0.39, 0.29) is 18.5 Å². The number of hydrogen-bond acceptors (Lipinski definition) is 5. The second-order valence-corrected chi connectivity index (χ2v) is 8.41. The highest BCUT2D eigenvalue weighted by atomic mass is 35.5. The van der Waals surface area contributed by atoms with Crippen LogP contribution in [0.3, 0.4) is 0 Å². The fraction of sp³-hybridized carbons (Fsp3) is 0.318. The number of aromatic nitrogens is 4. The van der Waals surface area contributed by atoms with Gasteiger partial charge >= 0.3 is 0 Å². The molecule has 168 valence electrons. The summed E-state index contributed by atoms with van der Waals surface area (Å²) in [6, 6.07) is 5.20. The number of halogens is 3. The zero-order valence-corrected chi connectivity index (χ0v) is 18.4. The van der Waals surface area contributed by atoms with E-state index in [9.17, 15) is 13.6 Å². The van der Waals surface area contributed by atoms with Crippen molar-refractivity contribution in [2.24, 2.45) is 0 Å². The van der Waals surface area contributed by atoms with Crippen molar-refractivity contribution < 1.29 is 8.78 Å². The number of aryl methyl sites for hydroxylation is 2. The van der Waals surface area contributed by atoms with Crippen LogP contribution in [0.1, 0.15) is 29.1 Å². The molecule has 1 saturated heterocycles. The summed E-state index contributed by atoms with van der Waals surface area (Å²) in [5.74, 6) is -1.88. The summed E-state index contributed by atoms with van der Waals surface area (Å²) in [7, 11) is 0. The highest BCUT2D eigenvalue weighted by molar-refractivity contribution is 6.33. The number of nitrogens with two attached hydrogens (primary N) is 1. The van der Waals surface area contributed by atoms with E-state index in [1.807, 2.05) is 22.9 Å². The van der Waals surface area contributed by atoms with Crippen LogP contribution in [0.25, 0.3) is 16.6 Å². The van der Waals surface area contributed by atoms with Gasteiger partial charge in [-0.3, -0.25) is 4.79 Å². The summed E-state index contributed by atoms with van der Waals surface area (Å²) in [5.41, 5.74) is 10.6. The first-order chi connectivity index (χ1) is 15.1. The van der Waals surface area contributed by atoms with E-state index >= 15 is 0 Å². The normalized spacial score (nSPS) is 15.2. The van der Waals surface area contributed by atoms with Crippen molar-refractivity contribution in [1.82, 2.24) is 24.7 Å². The minimum absolute atomic E-state index is 0.00694. The number of nitrogens with zero attached hydrogens (tertiary/aromatic N) is 3. The summed E-state index contributed by atoms with van der Waals surface area (Å²) in [6.45, 7) is 4.45. The lowest BCUT2D eigenvalue weighted by Crippen LogP contribution is -2.18. The number of fused-ring (bicyclic) bond motifs is 2. The molecule has 7 nitrogen and oxygen atoms in total. The van der Waals surface area contributed by atoms with Gasteiger partial charge in [-0.25, -0.2) is 18.7 Å². The lowest BCUT2D eigenvalue weighted by Gasteiger charge is -2.04. The van der Waals surface area contributed by atoms with Gasteiger partial charge in [0.1, 0.15) is 11.5 Å². The number of anilines is 1. The van der Waals surface area contributed by atoms with Crippen molar-refractivity contribution in [3.8, 4) is 0 Å². The van der Waals surface area contributed by atoms with Crippen LogP contribution in [0.4, 0.5) is 14.5 Å². The average Bonchev–Trinajstić information content (AvgIpc) is 3.29. The molecule has 3 aromatic heterocycles. The Bertz CT molecular complexity index is 1320. The first-order valence-electron chi connectivity index (χ1n) is 10.1. The van der Waals surface area contributed by atoms with Crippen LogP contribution in [0.5, 0.6) is 0 Å². The molecule has 10 heteroatoms. The third-order valence-corrected chi connectivity index (χ3v) is 5.71. The lowest BCUT2D eigenvalue weighted by molar-refractivity contribution is 0.0238. The monoisotopic (exact) mass is 460 g/mol. The largest absolute Gasteiger partial charge is 0.397 e.